The molecule has 3 nitrogen and oxygen atoms in total. The van der Waals surface area contributed by atoms with Crippen molar-refractivity contribution < 1.29 is 9.90 Å². The topological polar surface area (TPSA) is 49.7 Å². The van der Waals surface area contributed by atoms with E-state index in [9.17, 15) is 9.90 Å². The van der Waals surface area contributed by atoms with E-state index in [2.05, 4.69) is 4.99 Å². The van der Waals surface area contributed by atoms with Gasteiger partial charge < -0.3 is 5.11 Å². The zero-order valence-electron chi connectivity index (χ0n) is 11.4. The van der Waals surface area contributed by atoms with Crippen molar-refractivity contribution in [2.45, 2.75) is 18.9 Å². The number of aliphatic imine (C=N–C) groups is 1. The van der Waals surface area contributed by atoms with Crippen LogP contribution in [0, 0.1) is 0 Å². The fraction of sp³-hybridized carbons (Fsp3) is 0.176. The fourth-order valence-electron chi connectivity index (χ4n) is 1.93. The Morgan fingerprint density at radius 3 is 2.20 bits per heavy atom. The first-order valence-corrected chi connectivity index (χ1v) is 6.48. The Bertz CT molecular complexity index is 593. The quantitative estimate of drug-likeness (QED) is 0.846. The van der Waals surface area contributed by atoms with E-state index in [1.54, 1.807) is 13.1 Å². The molecule has 102 valence electrons. The molecule has 2 rings (SSSR count). The smallest absolute Gasteiger partial charge is 0.331 e. The van der Waals surface area contributed by atoms with Crippen LogP contribution >= 0.6 is 0 Å². The number of aliphatic carboxylic acids is 1. The third-order valence-electron chi connectivity index (χ3n) is 3.15. The van der Waals surface area contributed by atoms with Crippen molar-refractivity contribution in [1.82, 2.24) is 0 Å². The van der Waals surface area contributed by atoms with Crippen molar-refractivity contribution in [2.75, 3.05) is 0 Å². The van der Waals surface area contributed by atoms with Gasteiger partial charge in [-0.15, -0.1) is 0 Å². The predicted octanol–water partition coefficient (Wildman–Crippen LogP) is 3.19. The first-order chi connectivity index (χ1) is 9.60. The van der Waals surface area contributed by atoms with Gasteiger partial charge in [0, 0.05) is 12.6 Å². The highest BCUT2D eigenvalue weighted by atomic mass is 16.4. The van der Waals surface area contributed by atoms with E-state index in [-0.39, 0.29) is 0 Å². The van der Waals surface area contributed by atoms with Crippen molar-refractivity contribution in [3.63, 3.8) is 0 Å². The monoisotopic (exact) mass is 267 g/mol. The van der Waals surface area contributed by atoms with E-state index in [0.29, 0.717) is 6.42 Å². The summed E-state index contributed by atoms with van der Waals surface area (Å²) in [6, 6.07) is 19.1. The van der Waals surface area contributed by atoms with Crippen LogP contribution in [0.25, 0.3) is 0 Å². The van der Waals surface area contributed by atoms with Crippen LogP contribution in [0.2, 0.25) is 0 Å². The highest BCUT2D eigenvalue weighted by molar-refractivity contribution is 5.85. The predicted molar refractivity (Wildman–Crippen MR) is 80.2 cm³/mol. The average Bonchev–Trinajstić information content (AvgIpc) is 2.47. The van der Waals surface area contributed by atoms with E-state index in [1.165, 1.54) is 0 Å². The number of carboxylic acid groups (broad SMARTS) is 1. The Labute approximate surface area is 118 Å². The summed E-state index contributed by atoms with van der Waals surface area (Å²) in [7, 11) is 0. The lowest BCUT2D eigenvalue weighted by Crippen LogP contribution is -2.35. The fourth-order valence-corrected chi connectivity index (χ4v) is 1.93. The summed E-state index contributed by atoms with van der Waals surface area (Å²) in [5, 5.41) is 9.46. The van der Waals surface area contributed by atoms with E-state index < -0.39 is 11.5 Å². The number of hydrogen-bond donors (Lipinski definition) is 1. The minimum atomic E-state index is -1.16. The van der Waals surface area contributed by atoms with Gasteiger partial charge in [-0.05, 0) is 18.1 Å². The van der Waals surface area contributed by atoms with Crippen molar-refractivity contribution in [2.24, 2.45) is 4.99 Å². The second-order valence-corrected chi connectivity index (χ2v) is 4.91. The molecule has 0 fully saturated rings. The summed E-state index contributed by atoms with van der Waals surface area (Å²) < 4.78 is 0. The summed E-state index contributed by atoms with van der Waals surface area (Å²) in [5.74, 6) is -0.923. The lowest BCUT2D eigenvalue weighted by atomic mass is 9.93. The molecule has 2 aromatic carbocycles. The summed E-state index contributed by atoms with van der Waals surface area (Å²) in [6.45, 7) is 1.64. The molecule has 1 N–H and O–H groups in total. The molecule has 0 aliphatic heterocycles. The number of carbonyl (C=O) groups is 1. The molecule has 0 bridgehead atoms. The van der Waals surface area contributed by atoms with Crippen LogP contribution in [0.1, 0.15) is 18.1 Å². The Morgan fingerprint density at radius 2 is 1.65 bits per heavy atom. The Balaban J connectivity index is 2.22. The molecule has 2 aromatic rings. The van der Waals surface area contributed by atoms with Gasteiger partial charge in [0.15, 0.2) is 5.54 Å². The number of hydrogen-bond acceptors (Lipinski definition) is 2. The van der Waals surface area contributed by atoms with Crippen molar-refractivity contribution >= 4 is 12.2 Å². The molecular formula is C17H17NO2. The van der Waals surface area contributed by atoms with Gasteiger partial charge in [0.25, 0.3) is 0 Å². The van der Waals surface area contributed by atoms with E-state index >= 15 is 0 Å². The van der Waals surface area contributed by atoms with Gasteiger partial charge in [0.05, 0.1) is 0 Å². The van der Waals surface area contributed by atoms with Crippen LogP contribution in [0.3, 0.4) is 0 Å². The zero-order chi connectivity index (χ0) is 14.4. The molecule has 1 atom stereocenters. The Kier molecular flexibility index (Phi) is 4.31. The van der Waals surface area contributed by atoms with Gasteiger partial charge in [-0.1, -0.05) is 60.7 Å². The molecule has 0 saturated heterocycles. The normalized spacial score (nSPS) is 14.1. The number of nitrogens with zero attached hydrogens (tertiary/aromatic N) is 1. The molecule has 3 heteroatoms. The molecule has 0 amide bonds. The summed E-state index contributed by atoms with van der Waals surface area (Å²) in [4.78, 5) is 15.8. The minimum absolute atomic E-state index is 0.368. The van der Waals surface area contributed by atoms with Crippen LogP contribution in [0.5, 0.6) is 0 Å². The maximum Gasteiger partial charge on any atom is 0.331 e. The number of rotatable bonds is 5. The van der Waals surface area contributed by atoms with Crippen LogP contribution in [-0.4, -0.2) is 22.8 Å². The Morgan fingerprint density at radius 1 is 1.10 bits per heavy atom. The van der Waals surface area contributed by atoms with Gasteiger partial charge in [-0.2, -0.15) is 0 Å². The van der Waals surface area contributed by atoms with Crippen molar-refractivity contribution in [3.05, 3.63) is 71.8 Å². The second-order valence-electron chi connectivity index (χ2n) is 4.91. The van der Waals surface area contributed by atoms with Crippen LogP contribution in [-0.2, 0) is 11.2 Å². The largest absolute Gasteiger partial charge is 0.479 e. The number of benzene rings is 2. The molecule has 0 aromatic heterocycles. The molecule has 20 heavy (non-hydrogen) atoms. The molecule has 0 saturated carbocycles. The molecular weight excluding hydrogens is 250 g/mol. The molecule has 0 radical (unpaired) electrons. The van der Waals surface area contributed by atoms with Crippen LogP contribution in [0.15, 0.2) is 65.7 Å². The van der Waals surface area contributed by atoms with Crippen LogP contribution in [0.4, 0.5) is 0 Å². The van der Waals surface area contributed by atoms with Crippen LogP contribution < -0.4 is 0 Å². The lowest BCUT2D eigenvalue weighted by Gasteiger charge is -2.20. The SMILES string of the molecule is C[C@@](Cc1ccccc1)(N=Cc1ccccc1)C(=O)O. The second kappa shape index (κ2) is 6.15. The molecule has 0 aliphatic rings. The zero-order valence-corrected chi connectivity index (χ0v) is 11.4. The van der Waals surface area contributed by atoms with Crippen molar-refractivity contribution in [3.8, 4) is 0 Å². The first-order valence-electron chi connectivity index (χ1n) is 6.48. The average molecular weight is 267 g/mol. The van der Waals surface area contributed by atoms with Crippen molar-refractivity contribution in [1.29, 1.82) is 0 Å². The van der Waals surface area contributed by atoms with E-state index in [0.717, 1.165) is 11.1 Å². The highest BCUT2D eigenvalue weighted by Gasteiger charge is 2.32. The summed E-state index contributed by atoms with van der Waals surface area (Å²) in [5.41, 5.74) is 0.702. The summed E-state index contributed by atoms with van der Waals surface area (Å²) >= 11 is 0. The molecule has 0 heterocycles. The van der Waals surface area contributed by atoms with Gasteiger partial charge >= 0.3 is 5.97 Å². The lowest BCUT2D eigenvalue weighted by molar-refractivity contribution is -0.142. The third kappa shape index (κ3) is 3.54. The van der Waals surface area contributed by atoms with Gasteiger partial charge in [0.1, 0.15) is 0 Å². The maximum absolute atomic E-state index is 11.5. The third-order valence-corrected chi connectivity index (χ3v) is 3.15. The number of carboxylic acids is 1. The molecule has 0 spiro atoms. The van der Waals surface area contributed by atoms with Gasteiger partial charge in [-0.25, -0.2) is 4.79 Å². The van der Waals surface area contributed by atoms with E-state index in [1.807, 2.05) is 60.7 Å². The maximum atomic E-state index is 11.5. The molecule has 0 unspecified atom stereocenters. The Hall–Kier alpha value is -2.42. The van der Waals surface area contributed by atoms with E-state index in [4.69, 9.17) is 0 Å². The minimum Gasteiger partial charge on any atom is -0.479 e. The van der Waals surface area contributed by atoms with Gasteiger partial charge in [0.2, 0.25) is 0 Å². The highest BCUT2D eigenvalue weighted by Crippen LogP contribution is 2.18. The van der Waals surface area contributed by atoms with Gasteiger partial charge in [-0.3, -0.25) is 4.99 Å². The summed E-state index contributed by atoms with van der Waals surface area (Å²) in [6.07, 6.45) is 1.99. The first kappa shape index (κ1) is 14.0. The standard InChI is InChI=1S/C17H17NO2/c1-17(16(19)20,12-14-8-4-2-5-9-14)18-13-15-10-6-3-7-11-15/h2-11,13H,12H2,1H3,(H,19,20)/t17-/m0/s1. The molecule has 0 aliphatic carbocycles.